The first-order valence-corrected chi connectivity index (χ1v) is 14.7. The van der Waals surface area contributed by atoms with Crippen molar-refractivity contribution in [2.75, 3.05) is 13.2 Å². The lowest BCUT2D eigenvalue weighted by Crippen LogP contribution is -2.44. The number of halogens is 1. The molecule has 4 rings (SSSR count). The van der Waals surface area contributed by atoms with Crippen molar-refractivity contribution >= 4 is 33.4 Å². The molecule has 0 aromatic heterocycles. The van der Waals surface area contributed by atoms with E-state index in [9.17, 15) is 23.1 Å². The zero-order valence-corrected chi connectivity index (χ0v) is 23.0. The number of carbonyl (C=O) groups is 2. The number of rotatable bonds is 13. The highest BCUT2D eigenvalue weighted by Gasteiger charge is 2.31. The van der Waals surface area contributed by atoms with Gasteiger partial charge in [-0.2, -0.15) is 0 Å². The maximum atomic E-state index is 13.7. The summed E-state index contributed by atoms with van der Waals surface area (Å²) >= 11 is 6.05. The Morgan fingerprint density at radius 3 is 2.21 bits per heavy atom. The fourth-order valence-electron chi connectivity index (χ4n) is 4.21. The molecule has 10 heteroatoms. The number of hydrogen-bond donors (Lipinski definition) is 3. The van der Waals surface area contributed by atoms with E-state index in [2.05, 4.69) is 10.0 Å². The predicted octanol–water partition coefficient (Wildman–Crippen LogP) is 3.59. The van der Waals surface area contributed by atoms with Gasteiger partial charge in [0.05, 0.1) is 11.5 Å². The number of nitrogens with one attached hydrogen (secondary N) is 2. The number of hydrogen-bond acceptors (Lipinski definition) is 5. The van der Waals surface area contributed by atoms with Gasteiger partial charge < -0.3 is 15.3 Å². The van der Waals surface area contributed by atoms with Gasteiger partial charge in [0.2, 0.25) is 21.8 Å². The number of sulfonamides is 1. The highest BCUT2D eigenvalue weighted by molar-refractivity contribution is 7.89. The van der Waals surface area contributed by atoms with Gasteiger partial charge in [-0.05, 0) is 60.2 Å². The average Bonchev–Trinajstić information content (AvgIpc) is 3.75. The van der Waals surface area contributed by atoms with Crippen molar-refractivity contribution in [3.63, 3.8) is 0 Å². The molecule has 2 amide bonds. The van der Waals surface area contributed by atoms with Crippen LogP contribution < -0.4 is 10.0 Å². The Morgan fingerprint density at radius 2 is 1.59 bits per heavy atom. The quantitative estimate of drug-likeness (QED) is 0.291. The Kier molecular flexibility index (Phi) is 9.74. The van der Waals surface area contributed by atoms with Gasteiger partial charge in [0.1, 0.15) is 6.04 Å². The number of benzene rings is 3. The molecule has 8 nitrogen and oxygen atoms in total. The third-order valence-corrected chi connectivity index (χ3v) is 8.22. The standard InChI is InChI=1S/C29H32ClN3O5S/c30-24-11-6-22(7-12-24)20-33(28(29(36)31-18-19-34)23-4-2-1-3-5-23)27(35)17-10-21-8-15-26(16-9-21)39(37,38)32-25-13-14-25/h1-9,11-12,15-16,25,28,32,34H,10,13-14,17-20H2,(H,31,36)/t28-/m1/s1. The molecule has 3 aromatic carbocycles. The van der Waals surface area contributed by atoms with Crippen LogP contribution in [0.4, 0.5) is 0 Å². The van der Waals surface area contributed by atoms with Crippen LogP contribution in [-0.2, 0) is 32.6 Å². The van der Waals surface area contributed by atoms with Crippen molar-refractivity contribution in [2.45, 2.75) is 49.2 Å². The van der Waals surface area contributed by atoms with Gasteiger partial charge in [-0.25, -0.2) is 13.1 Å². The van der Waals surface area contributed by atoms with E-state index in [0.29, 0.717) is 17.0 Å². The molecule has 0 spiro atoms. The smallest absolute Gasteiger partial charge is 0.247 e. The summed E-state index contributed by atoms with van der Waals surface area (Å²) in [6, 6.07) is 21.7. The van der Waals surface area contributed by atoms with E-state index < -0.39 is 22.0 Å². The minimum absolute atomic E-state index is 0.0195. The molecule has 0 aliphatic heterocycles. The molecule has 1 aliphatic carbocycles. The maximum Gasteiger partial charge on any atom is 0.247 e. The molecule has 0 heterocycles. The van der Waals surface area contributed by atoms with E-state index in [4.69, 9.17) is 11.6 Å². The molecule has 0 radical (unpaired) electrons. The van der Waals surface area contributed by atoms with Gasteiger partial charge in [0.15, 0.2) is 0 Å². The first-order chi connectivity index (χ1) is 18.8. The van der Waals surface area contributed by atoms with Crippen LogP contribution in [-0.4, -0.2) is 49.4 Å². The summed E-state index contributed by atoms with van der Waals surface area (Å²) in [4.78, 5) is 28.7. The van der Waals surface area contributed by atoms with Crippen molar-refractivity contribution in [3.05, 3.63) is 101 Å². The zero-order chi connectivity index (χ0) is 27.8. The lowest BCUT2D eigenvalue weighted by molar-refractivity contribution is -0.141. The van der Waals surface area contributed by atoms with Crippen LogP contribution in [0.1, 0.15) is 42.0 Å². The third-order valence-electron chi connectivity index (χ3n) is 6.43. The Labute approximate surface area is 234 Å². The van der Waals surface area contributed by atoms with E-state index in [1.165, 1.54) is 4.90 Å². The molecule has 206 valence electrons. The number of carbonyl (C=O) groups excluding carboxylic acids is 2. The Morgan fingerprint density at radius 1 is 0.949 bits per heavy atom. The van der Waals surface area contributed by atoms with Crippen molar-refractivity contribution in [1.29, 1.82) is 0 Å². The SMILES string of the molecule is O=C(NCCO)[C@@H](c1ccccc1)N(Cc1ccc(Cl)cc1)C(=O)CCc1ccc(S(=O)(=O)NC2CC2)cc1. The van der Waals surface area contributed by atoms with Crippen molar-refractivity contribution in [3.8, 4) is 0 Å². The van der Waals surface area contributed by atoms with Crippen LogP contribution in [0.15, 0.2) is 83.8 Å². The number of aryl methyl sites for hydroxylation is 1. The molecular weight excluding hydrogens is 538 g/mol. The Hall–Kier alpha value is -3.24. The number of nitrogens with zero attached hydrogens (tertiary/aromatic N) is 1. The van der Waals surface area contributed by atoms with E-state index in [0.717, 1.165) is 24.0 Å². The minimum Gasteiger partial charge on any atom is -0.395 e. The summed E-state index contributed by atoms with van der Waals surface area (Å²) < 4.78 is 27.6. The second-order valence-electron chi connectivity index (χ2n) is 9.52. The molecule has 1 atom stereocenters. The molecule has 0 bridgehead atoms. The van der Waals surface area contributed by atoms with E-state index >= 15 is 0 Å². The molecular formula is C29H32ClN3O5S. The average molecular weight is 570 g/mol. The normalized spacial score (nSPS) is 14.0. The highest BCUT2D eigenvalue weighted by Crippen LogP contribution is 2.26. The van der Waals surface area contributed by atoms with Gasteiger partial charge in [0, 0.05) is 30.6 Å². The number of aliphatic hydroxyl groups excluding tert-OH is 1. The second kappa shape index (κ2) is 13.2. The first-order valence-electron chi connectivity index (χ1n) is 12.9. The van der Waals surface area contributed by atoms with Gasteiger partial charge >= 0.3 is 0 Å². The van der Waals surface area contributed by atoms with Crippen LogP contribution in [0, 0.1) is 0 Å². The lowest BCUT2D eigenvalue weighted by atomic mass is 10.0. The molecule has 0 saturated heterocycles. The van der Waals surface area contributed by atoms with Crippen LogP contribution in [0.3, 0.4) is 0 Å². The largest absolute Gasteiger partial charge is 0.395 e. The Balaban J connectivity index is 1.55. The van der Waals surface area contributed by atoms with Crippen LogP contribution >= 0.6 is 11.6 Å². The molecule has 39 heavy (non-hydrogen) atoms. The van der Waals surface area contributed by atoms with Gasteiger partial charge in [-0.1, -0.05) is 66.2 Å². The fraction of sp³-hybridized carbons (Fsp3) is 0.310. The number of aliphatic hydroxyl groups is 1. The first kappa shape index (κ1) is 28.8. The molecule has 3 N–H and O–H groups in total. The van der Waals surface area contributed by atoms with Crippen LogP contribution in [0.5, 0.6) is 0 Å². The van der Waals surface area contributed by atoms with Crippen molar-refractivity contribution in [1.82, 2.24) is 14.9 Å². The minimum atomic E-state index is -3.55. The summed E-state index contributed by atoms with van der Waals surface area (Å²) in [5, 5.41) is 12.5. The van der Waals surface area contributed by atoms with E-state index in [-0.39, 0.29) is 43.0 Å². The number of amides is 2. The predicted molar refractivity (Wildman–Crippen MR) is 149 cm³/mol. The van der Waals surface area contributed by atoms with Gasteiger partial charge in [-0.3, -0.25) is 9.59 Å². The summed E-state index contributed by atoms with van der Waals surface area (Å²) in [5.74, 6) is -0.639. The zero-order valence-electron chi connectivity index (χ0n) is 21.4. The summed E-state index contributed by atoms with van der Waals surface area (Å²) in [6.07, 6.45) is 2.19. The van der Waals surface area contributed by atoms with Crippen LogP contribution in [0.2, 0.25) is 5.02 Å². The van der Waals surface area contributed by atoms with E-state index in [1.807, 2.05) is 18.2 Å². The molecule has 1 saturated carbocycles. The van der Waals surface area contributed by atoms with Crippen LogP contribution in [0.25, 0.3) is 0 Å². The molecule has 1 fully saturated rings. The summed E-state index contributed by atoms with van der Waals surface area (Å²) in [6.45, 7) is 0.0163. The second-order valence-corrected chi connectivity index (χ2v) is 11.7. The fourth-order valence-corrected chi connectivity index (χ4v) is 5.64. The van der Waals surface area contributed by atoms with Gasteiger partial charge in [0.25, 0.3) is 0 Å². The van der Waals surface area contributed by atoms with Crippen molar-refractivity contribution in [2.24, 2.45) is 0 Å². The molecule has 1 aliphatic rings. The molecule has 0 unspecified atom stereocenters. The van der Waals surface area contributed by atoms with E-state index in [1.54, 1.807) is 60.7 Å². The van der Waals surface area contributed by atoms with Crippen molar-refractivity contribution < 1.29 is 23.1 Å². The maximum absolute atomic E-state index is 13.7. The monoisotopic (exact) mass is 569 g/mol. The highest BCUT2D eigenvalue weighted by atomic mass is 35.5. The topological polar surface area (TPSA) is 116 Å². The summed E-state index contributed by atoms with van der Waals surface area (Å²) in [7, 11) is -3.55. The Bertz CT molecular complexity index is 1360. The van der Waals surface area contributed by atoms with Gasteiger partial charge in [-0.15, -0.1) is 0 Å². The lowest BCUT2D eigenvalue weighted by Gasteiger charge is -2.32. The summed E-state index contributed by atoms with van der Waals surface area (Å²) in [5.41, 5.74) is 2.26. The third kappa shape index (κ3) is 8.12. The molecule has 3 aromatic rings.